The first-order valence-electron chi connectivity index (χ1n) is 15.4. The van der Waals surface area contributed by atoms with Crippen LogP contribution in [0.2, 0.25) is 0 Å². The molecule has 3 saturated carbocycles. The normalized spacial score (nSPS) is 28.0. The van der Waals surface area contributed by atoms with Crippen molar-refractivity contribution in [1.82, 2.24) is 24.8 Å². The molecule has 3 aliphatic carbocycles. The highest BCUT2D eigenvalue weighted by Gasteiger charge is 2.38. The molecule has 1 aliphatic heterocycles. The highest BCUT2D eigenvalue weighted by Crippen LogP contribution is 2.38. The van der Waals surface area contributed by atoms with E-state index in [9.17, 15) is 9.90 Å². The van der Waals surface area contributed by atoms with Crippen molar-refractivity contribution in [3.63, 3.8) is 0 Å². The standard InChI is InChI=1S/C29H44N8O3/c1-17-10-12-19(13-11-17)16-37-23-25(31-18(2)20-6-5-7-20)33-27(24(30)32-29(38)39)34-26(23)35-28(37)36-14-15-40-22-9-4-3-8-21(22)36/h17-22H,3-16H2,1-2H3,(H2,30,32)(H,38,39)(H,31,33,34)/t17?,18-,19?,21?,22?/m1/s1. The molecule has 218 valence electrons. The molecule has 4 fully saturated rings. The highest BCUT2D eigenvalue weighted by molar-refractivity contribution is 6.03. The molecule has 1 amide bonds. The van der Waals surface area contributed by atoms with Crippen LogP contribution in [-0.4, -0.2) is 67.9 Å². The molecule has 2 aromatic heterocycles. The number of anilines is 2. The van der Waals surface area contributed by atoms with E-state index in [0.717, 1.165) is 43.3 Å². The van der Waals surface area contributed by atoms with Gasteiger partial charge in [0.05, 0.1) is 18.8 Å². The molecule has 0 bridgehead atoms. The van der Waals surface area contributed by atoms with Crippen LogP contribution in [0.15, 0.2) is 0 Å². The van der Waals surface area contributed by atoms with E-state index in [2.05, 4.69) is 38.9 Å². The summed E-state index contributed by atoms with van der Waals surface area (Å²) in [5.41, 5.74) is 1.38. The number of aromatic nitrogens is 4. The van der Waals surface area contributed by atoms with Crippen LogP contribution in [0.25, 0.3) is 11.2 Å². The number of amides is 1. The Morgan fingerprint density at radius 3 is 2.58 bits per heavy atom. The van der Waals surface area contributed by atoms with Gasteiger partial charge in [-0.3, -0.25) is 10.7 Å². The van der Waals surface area contributed by atoms with Crippen molar-refractivity contribution in [3.8, 4) is 0 Å². The summed E-state index contributed by atoms with van der Waals surface area (Å²) in [5, 5.41) is 23.4. The number of carboxylic acid groups (broad SMARTS) is 1. The van der Waals surface area contributed by atoms with E-state index >= 15 is 0 Å². The van der Waals surface area contributed by atoms with Crippen LogP contribution in [0.5, 0.6) is 0 Å². The maximum Gasteiger partial charge on any atom is 0.410 e. The van der Waals surface area contributed by atoms with Crippen LogP contribution in [-0.2, 0) is 11.3 Å². The van der Waals surface area contributed by atoms with Gasteiger partial charge in [0.15, 0.2) is 23.1 Å². The third kappa shape index (κ3) is 5.49. The summed E-state index contributed by atoms with van der Waals surface area (Å²) < 4.78 is 8.56. The maximum atomic E-state index is 11.3. The van der Waals surface area contributed by atoms with Crippen molar-refractivity contribution in [2.24, 2.45) is 17.8 Å². The Hall–Kier alpha value is -2.95. The summed E-state index contributed by atoms with van der Waals surface area (Å²) in [5.74, 6) is 3.16. The van der Waals surface area contributed by atoms with Crippen molar-refractivity contribution in [2.45, 2.75) is 109 Å². The van der Waals surface area contributed by atoms with Gasteiger partial charge in [0, 0.05) is 19.1 Å². The highest BCUT2D eigenvalue weighted by atomic mass is 16.5. The molecule has 4 aliphatic rings. The lowest BCUT2D eigenvalue weighted by Gasteiger charge is -2.44. The smallest absolute Gasteiger partial charge is 0.410 e. The van der Waals surface area contributed by atoms with Crippen LogP contribution in [0.1, 0.15) is 90.3 Å². The second kappa shape index (κ2) is 11.5. The van der Waals surface area contributed by atoms with Crippen LogP contribution < -0.4 is 15.5 Å². The lowest BCUT2D eigenvalue weighted by molar-refractivity contribution is -0.00958. The molecule has 4 N–H and O–H groups in total. The van der Waals surface area contributed by atoms with Gasteiger partial charge >= 0.3 is 6.09 Å². The van der Waals surface area contributed by atoms with Crippen molar-refractivity contribution < 1.29 is 14.6 Å². The van der Waals surface area contributed by atoms with Gasteiger partial charge in [-0.1, -0.05) is 39.0 Å². The Bertz CT molecular complexity index is 1230. The van der Waals surface area contributed by atoms with Crippen molar-refractivity contribution >= 4 is 34.9 Å². The van der Waals surface area contributed by atoms with Crippen LogP contribution in [0.4, 0.5) is 16.6 Å². The Morgan fingerprint density at radius 2 is 1.85 bits per heavy atom. The summed E-state index contributed by atoms with van der Waals surface area (Å²) in [6.45, 7) is 6.86. The molecule has 0 aromatic carbocycles. The van der Waals surface area contributed by atoms with Gasteiger partial charge in [0.1, 0.15) is 5.52 Å². The fraction of sp³-hybridized carbons (Fsp3) is 0.759. The molecule has 6 rings (SSSR count). The monoisotopic (exact) mass is 552 g/mol. The second-order valence-corrected chi connectivity index (χ2v) is 12.6. The number of amidine groups is 1. The molecule has 1 saturated heterocycles. The van der Waals surface area contributed by atoms with E-state index in [1.165, 1.54) is 57.8 Å². The minimum atomic E-state index is -1.31. The second-order valence-electron chi connectivity index (χ2n) is 12.6. The van der Waals surface area contributed by atoms with E-state index in [1.807, 2.05) is 0 Å². The van der Waals surface area contributed by atoms with E-state index in [1.54, 1.807) is 0 Å². The fourth-order valence-corrected chi connectivity index (χ4v) is 7.18. The number of hydrogen-bond acceptors (Lipinski definition) is 8. The van der Waals surface area contributed by atoms with Gasteiger partial charge in [-0.15, -0.1) is 0 Å². The molecule has 0 radical (unpaired) electrons. The first kappa shape index (κ1) is 27.2. The average Bonchev–Trinajstić information content (AvgIpc) is 3.26. The van der Waals surface area contributed by atoms with Gasteiger partial charge in [0.25, 0.3) is 0 Å². The minimum Gasteiger partial charge on any atom is -0.465 e. The SMILES string of the molecule is CC1CCC(Cn2c(N3CCOC4CCCCC43)nc3nc(C(=N)NC(=O)O)nc(N[C@H](C)C4CCC4)c32)CC1. The van der Waals surface area contributed by atoms with E-state index in [0.29, 0.717) is 29.9 Å². The van der Waals surface area contributed by atoms with Crippen molar-refractivity contribution in [1.29, 1.82) is 5.41 Å². The molecule has 0 spiro atoms. The van der Waals surface area contributed by atoms with E-state index in [4.69, 9.17) is 20.1 Å². The third-order valence-electron chi connectivity index (χ3n) is 9.82. The molecular formula is C29H44N8O3. The Morgan fingerprint density at radius 1 is 1.07 bits per heavy atom. The molecule has 11 nitrogen and oxygen atoms in total. The number of fused-ring (bicyclic) bond motifs is 2. The van der Waals surface area contributed by atoms with E-state index < -0.39 is 6.09 Å². The molecule has 40 heavy (non-hydrogen) atoms. The number of ether oxygens (including phenoxy) is 1. The molecular weight excluding hydrogens is 508 g/mol. The number of carbonyl (C=O) groups is 1. The Labute approximate surface area is 236 Å². The minimum absolute atomic E-state index is 0.0402. The predicted molar refractivity (Wildman–Crippen MR) is 154 cm³/mol. The van der Waals surface area contributed by atoms with Gasteiger partial charge in [-0.05, 0) is 63.2 Å². The molecule has 3 atom stereocenters. The zero-order valence-electron chi connectivity index (χ0n) is 23.9. The quantitative estimate of drug-likeness (QED) is 0.278. The van der Waals surface area contributed by atoms with E-state index in [-0.39, 0.29) is 29.8 Å². The summed E-state index contributed by atoms with van der Waals surface area (Å²) in [4.78, 5) is 28.4. The average molecular weight is 553 g/mol. The molecule has 2 aromatic rings. The van der Waals surface area contributed by atoms with Crippen LogP contribution in [0, 0.1) is 23.2 Å². The summed E-state index contributed by atoms with van der Waals surface area (Å²) in [7, 11) is 0. The third-order valence-corrected chi connectivity index (χ3v) is 9.82. The van der Waals surface area contributed by atoms with Crippen LogP contribution >= 0.6 is 0 Å². The lowest BCUT2D eigenvalue weighted by atomic mass is 9.80. The first-order valence-corrected chi connectivity index (χ1v) is 15.4. The zero-order chi connectivity index (χ0) is 27.8. The maximum absolute atomic E-state index is 11.3. The van der Waals surface area contributed by atoms with Crippen molar-refractivity contribution in [3.05, 3.63) is 5.82 Å². The Kier molecular flexibility index (Phi) is 7.83. The Balaban J connectivity index is 1.46. The summed E-state index contributed by atoms with van der Waals surface area (Å²) in [6, 6.07) is 0.490. The van der Waals surface area contributed by atoms with Gasteiger partial charge in [-0.2, -0.15) is 4.98 Å². The van der Waals surface area contributed by atoms with Crippen molar-refractivity contribution in [2.75, 3.05) is 23.4 Å². The molecule has 3 heterocycles. The van der Waals surface area contributed by atoms with Gasteiger partial charge < -0.3 is 24.6 Å². The topological polar surface area (TPSA) is 141 Å². The summed E-state index contributed by atoms with van der Waals surface area (Å²) in [6.07, 6.45) is 12.0. The number of hydrogen-bond donors (Lipinski definition) is 4. The fourth-order valence-electron chi connectivity index (χ4n) is 7.18. The number of rotatable bonds is 7. The number of nitrogens with one attached hydrogen (secondary N) is 3. The molecule has 11 heteroatoms. The first-order chi connectivity index (χ1) is 19.4. The lowest BCUT2D eigenvalue weighted by Crippen LogP contribution is -2.53. The van der Waals surface area contributed by atoms with Gasteiger partial charge in [-0.25, -0.2) is 14.8 Å². The van der Waals surface area contributed by atoms with Gasteiger partial charge in [0.2, 0.25) is 5.95 Å². The predicted octanol–water partition coefficient (Wildman–Crippen LogP) is 4.99. The largest absolute Gasteiger partial charge is 0.465 e. The number of imidazole rings is 1. The summed E-state index contributed by atoms with van der Waals surface area (Å²) >= 11 is 0. The number of morpholine rings is 1. The van der Waals surface area contributed by atoms with Crippen LogP contribution in [0.3, 0.4) is 0 Å². The zero-order valence-corrected chi connectivity index (χ0v) is 23.9. The molecule has 2 unspecified atom stereocenters. The number of nitrogens with zero attached hydrogens (tertiary/aromatic N) is 5.